The molecule has 2 aromatic carbocycles. The number of amides is 1. The number of nitrogens with zero attached hydrogens (tertiary/aromatic N) is 1. The van der Waals surface area contributed by atoms with Crippen LogP contribution in [0.3, 0.4) is 0 Å². The smallest absolute Gasteiger partial charge is 0.217 e. The summed E-state index contributed by atoms with van der Waals surface area (Å²) in [6.45, 7) is 10.5. The van der Waals surface area contributed by atoms with E-state index in [-0.39, 0.29) is 5.91 Å². The first-order chi connectivity index (χ1) is 15.7. The number of nitrogens with two attached hydrogens (primary N) is 1. The molecule has 0 radical (unpaired) electrons. The van der Waals surface area contributed by atoms with Crippen molar-refractivity contribution in [2.24, 2.45) is 12.8 Å². The number of rotatable bonds is 5. The van der Waals surface area contributed by atoms with Crippen molar-refractivity contribution in [2.45, 2.75) is 66.7 Å². The van der Waals surface area contributed by atoms with Gasteiger partial charge in [0.2, 0.25) is 5.91 Å². The summed E-state index contributed by atoms with van der Waals surface area (Å²) in [5.41, 5.74) is 10.2. The summed E-state index contributed by atoms with van der Waals surface area (Å²) in [6.07, 6.45) is 8.84. The molecule has 4 heteroatoms. The molecular weight excluding hydrogens is 408 g/mol. The normalized spacial score (nSPS) is 9.27. The van der Waals surface area contributed by atoms with Crippen LogP contribution in [-0.4, -0.2) is 11.0 Å². The third kappa shape index (κ3) is 16.2. The van der Waals surface area contributed by atoms with Crippen LogP contribution in [0.1, 0.15) is 62.8 Å². The lowest BCUT2D eigenvalue weighted by atomic mass is 10.1. The number of aromatic nitrogens is 1. The molecule has 3 rings (SSSR count). The van der Waals surface area contributed by atoms with Gasteiger partial charge < -0.3 is 10.8 Å². The van der Waals surface area contributed by atoms with Gasteiger partial charge in [-0.2, -0.15) is 0 Å². The Morgan fingerprint density at radius 2 is 1.42 bits per heavy atom. The lowest BCUT2D eigenvalue weighted by Gasteiger charge is -1.95. The highest BCUT2D eigenvalue weighted by molar-refractivity contribution is 5.73. The van der Waals surface area contributed by atoms with Crippen molar-refractivity contribution in [3.63, 3.8) is 0 Å². The van der Waals surface area contributed by atoms with E-state index in [1.807, 2.05) is 32.3 Å². The highest BCUT2D eigenvalue weighted by atomic mass is 16.3. The summed E-state index contributed by atoms with van der Waals surface area (Å²) in [7, 11) is 2.04. The van der Waals surface area contributed by atoms with E-state index < -0.39 is 0 Å². The number of primary amides is 1. The molecule has 1 heterocycles. The van der Waals surface area contributed by atoms with Gasteiger partial charge in [-0.1, -0.05) is 69.7 Å². The zero-order valence-corrected chi connectivity index (χ0v) is 21.3. The van der Waals surface area contributed by atoms with Crippen molar-refractivity contribution in [1.82, 2.24) is 0 Å². The van der Waals surface area contributed by atoms with Crippen LogP contribution in [0.4, 0.5) is 0 Å². The second kappa shape index (κ2) is 18.4. The summed E-state index contributed by atoms with van der Waals surface area (Å²) in [4.78, 5) is 9.82. The third-order valence-electron chi connectivity index (χ3n) is 4.74. The fourth-order valence-corrected chi connectivity index (χ4v) is 2.77. The first kappa shape index (κ1) is 29.9. The van der Waals surface area contributed by atoms with Gasteiger partial charge >= 0.3 is 0 Å². The minimum Gasteiger partial charge on any atom is -0.508 e. The first-order valence-electron chi connectivity index (χ1n) is 11.8. The van der Waals surface area contributed by atoms with Gasteiger partial charge in [0, 0.05) is 18.1 Å². The number of phenolic OH excluding ortho intramolecular Hbond substituents is 1. The predicted octanol–water partition coefficient (Wildman–Crippen LogP) is 5.86. The van der Waals surface area contributed by atoms with Crippen molar-refractivity contribution in [3.8, 4) is 5.75 Å². The molecule has 0 fully saturated rings. The van der Waals surface area contributed by atoms with Gasteiger partial charge in [0.15, 0.2) is 12.4 Å². The molecule has 0 bridgehead atoms. The van der Waals surface area contributed by atoms with Crippen LogP contribution in [0.2, 0.25) is 0 Å². The topological polar surface area (TPSA) is 67.2 Å². The third-order valence-corrected chi connectivity index (χ3v) is 4.74. The second-order valence-electron chi connectivity index (χ2n) is 7.81. The molecule has 33 heavy (non-hydrogen) atoms. The lowest BCUT2D eigenvalue weighted by molar-refractivity contribution is -0.671. The predicted molar refractivity (Wildman–Crippen MR) is 139 cm³/mol. The molecule has 0 saturated heterocycles. The molecule has 0 unspecified atom stereocenters. The van der Waals surface area contributed by atoms with Crippen LogP contribution in [-0.2, 0) is 31.1 Å². The van der Waals surface area contributed by atoms with Crippen LogP contribution >= 0.6 is 0 Å². The molecular formula is C29H43N2O2+. The van der Waals surface area contributed by atoms with Crippen molar-refractivity contribution >= 4 is 5.91 Å². The fourth-order valence-electron chi connectivity index (χ4n) is 2.77. The molecule has 0 spiro atoms. The van der Waals surface area contributed by atoms with Crippen molar-refractivity contribution in [3.05, 3.63) is 95.3 Å². The van der Waals surface area contributed by atoms with Crippen LogP contribution in [0.5, 0.6) is 5.75 Å². The molecule has 3 N–H and O–H groups in total. The zero-order valence-electron chi connectivity index (χ0n) is 21.3. The second-order valence-corrected chi connectivity index (χ2v) is 7.81. The number of carbonyl (C=O) groups excluding carboxylic acids is 1. The largest absolute Gasteiger partial charge is 0.508 e. The molecule has 1 aromatic heterocycles. The van der Waals surface area contributed by atoms with E-state index in [1.54, 1.807) is 12.1 Å². The number of phenols is 1. The first-order valence-corrected chi connectivity index (χ1v) is 11.8. The maximum atomic E-state index is 9.82. The van der Waals surface area contributed by atoms with E-state index in [4.69, 9.17) is 10.8 Å². The van der Waals surface area contributed by atoms with Crippen LogP contribution < -0.4 is 10.3 Å². The Bertz CT molecular complexity index is 860. The maximum absolute atomic E-state index is 9.82. The Morgan fingerprint density at radius 3 is 1.79 bits per heavy atom. The van der Waals surface area contributed by atoms with E-state index >= 15 is 0 Å². The number of carbonyl (C=O) groups is 1. The molecule has 0 aliphatic rings. The zero-order chi connectivity index (χ0) is 25.1. The minimum atomic E-state index is -0.211. The quantitative estimate of drug-likeness (QED) is 0.477. The van der Waals surface area contributed by atoms with Gasteiger partial charge in [0.05, 0.1) is 0 Å². The molecule has 0 atom stereocenters. The molecule has 0 saturated carbocycles. The van der Waals surface area contributed by atoms with Gasteiger partial charge in [-0.15, -0.1) is 0 Å². The Morgan fingerprint density at radius 1 is 0.848 bits per heavy atom. The van der Waals surface area contributed by atoms with Gasteiger partial charge in [-0.25, -0.2) is 4.57 Å². The van der Waals surface area contributed by atoms with E-state index in [2.05, 4.69) is 74.9 Å². The highest BCUT2D eigenvalue weighted by Crippen LogP contribution is 2.09. The number of benzene rings is 2. The van der Waals surface area contributed by atoms with E-state index in [0.717, 1.165) is 25.7 Å². The Balaban J connectivity index is 0.000000419. The summed E-state index contributed by atoms with van der Waals surface area (Å²) >= 11 is 0. The molecule has 3 aromatic rings. The van der Waals surface area contributed by atoms with E-state index in [9.17, 15) is 4.79 Å². The fraction of sp³-hybridized carbons (Fsp3) is 0.379. The van der Waals surface area contributed by atoms with E-state index in [0.29, 0.717) is 12.2 Å². The average molecular weight is 452 g/mol. The van der Waals surface area contributed by atoms with E-state index in [1.165, 1.54) is 22.3 Å². The standard InChI is InChI=1S/C9H12.C8H12N.C8H10O.C4H9NO/c1-3-9-6-4-5-8(2)7-9;1-3-8-5-4-6-9(2)7-8;1-2-7-3-5-8(9)6-4-7;1-2-3-4(5)6/h2*4-7H,3H2,1-2H3;3-6,9H,2H2,1H3;2-3H2,1H3,(H2,5,6)/q;+1;;. The number of hydrogen-bond donors (Lipinski definition) is 2. The number of hydrogen-bond acceptors (Lipinski definition) is 2. The Hall–Kier alpha value is -3.14. The summed E-state index contributed by atoms with van der Waals surface area (Å²) in [6, 6.07) is 20.1. The SMILES string of the molecule is CCCC(N)=O.CCc1ccc(O)cc1.CCc1ccc[n+](C)c1.CCc1cccc(C)c1. The monoisotopic (exact) mass is 451 g/mol. The lowest BCUT2D eigenvalue weighted by Crippen LogP contribution is -2.26. The van der Waals surface area contributed by atoms with Crippen molar-refractivity contribution in [2.75, 3.05) is 0 Å². The van der Waals surface area contributed by atoms with Crippen molar-refractivity contribution < 1.29 is 14.5 Å². The van der Waals surface area contributed by atoms with Gasteiger partial charge in [-0.05, 0) is 61.9 Å². The Kier molecular flexibility index (Phi) is 16.7. The summed E-state index contributed by atoms with van der Waals surface area (Å²) < 4.78 is 2.07. The number of aromatic hydroxyl groups is 1. The molecule has 0 aliphatic carbocycles. The maximum Gasteiger partial charge on any atom is 0.217 e. The average Bonchev–Trinajstić information content (AvgIpc) is 2.81. The van der Waals surface area contributed by atoms with Crippen molar-refractivity contribution in [1.29, 1.82) is 0 Å². The molecule has 1 amide bonds. The van der Waals surface area contributed by atoms with Gasteiger partial charge in [-0.3, -0.25) is 4.79 Å². The van der Waals surface area contributed by atoms with Gasteiger partial charge in [0.25, 0.3) is 0 Å². The minimum absolute atomic E-state index is 0.211. The molecule has 4 nitrogen and oxygen atoms in total. The number of aryl methyl sites for hydroxylation is 5. The highest BCUT2D eigenvalue weighted by Gasteiger charge is 1.92. The van der Waals surface area contributed by atoms with Gasteiger partial charge in [0.1, 0.15) is 12.8 Å². The van der Waals surface area contributed by atoms with Crippen LogP contribution in [0.15, 0.2) is 73.1 Å². The Labute approximate surface area is 201 Å². The molecule has 0 aliphatic heterocycles. The molecule has 180 valence electrons. The summed E-state index contributed by atoms with van der Waals surface area (Å²) in [5.74, 6) is 0.129. The van der Waals surface area contributed by atoms with Crippen LogP contribution in [0.25, 0.3) is 0 Å². The van der Waals surface area contributed by atoms with Crippen LogP contribution in [0, 0.1) is 6.92 Å². The number of pyridine rings is 1. The summed E-state index contributed by atoms with van der Waals surface area (Å²) in [5, 5.41) is 8.85.